The van der Waals surface area contributed by atoms with E-state index >= 15 is 0 Å². The topological polar surface area (TPSA) is 65.0 Å². The van der Waals surface area contributed by atoms with Crippen molar-refractivity contribution in [1.29, 1.82) is 0 Å². The predicted molar refractivity (Wildman–Crippen MR) is 124 cm³/mol. The van der Waals surface area contributed by atoms with Crippen LogP contribution in [-0.4, -0.2) is 43.8 Å². The van der Waals surface area contributed by atoms with Crippen molar-refractivity contribution in [3.63, 3.8) is 0 Å². The van der Waals surface area contributed by atoms with Gasteiger partial charge in [-0.1, -0.05) is 104 Å². The molecule has 0 saturated carbocycles. The summed E-state index contributed by atoms with van der Waals surface area (Å²) >= 11 is 0. The predicted octanol–water partition coefficient (Wildman–Crippen LogP) is 6.41. The standard InChI is InChI=1S/C25H50O5/c1-4-6-7-8-9-10-11-12-13-14-15-16-17-18-19-23(3)25(27)30-24(26)22-29-21-20-28-5-2/h23-24,26H,4-22H2,1-3H3. The van der Waals surface area contributed by atoms with E-state index in [1.165, 1.54) is 77.0 Å². The molecule has 5 heteroatoms. The molecule has 0 aliphatic heterocycles. The Labute approximate surface area is 186 Å². The number of hydrogen-bond acceptors (Lipinski definition) is 5. The van der Waals surface area contributed by atoms with Gasteiger partial charge in [-0.15, -0.1) is 0 Å². The Bertz CT molecular complexity index is 361. The van der Waals surface area contributed by atoms with Crippen LogP contribution in [0.4, 0.5) is 0 Å². The maximum atomic E-state index is 12.0. The lowest BCUT2D eigenvalue weighted by Gasteiger charge is -2.16. The molecule has 0 bridgehead atoms. The second-order valence-corrected chi connectivity index (χ2v) is 8.45. The highest BCUT2D eigenvalue weighted by molar-refractivity contribution is 5.72. The summed E-state index contributed by atoms with van der Waals surface area (Å²) in [6.45, 7) is 7.54. The molecule has 2 unspecified atom stereocenters. The van der Waals surface area contributed by atoms with Crippen molar-refractivity contribution in [2.75, 3.05) is 26.4 Å². The van der Waals surface area contributed by atoms with Crippen LogP contribution < -0.4 is 0 Å². The van der Waals surface area contributed by atoms with E-state index in [4.69, 9.17) is 14.2 Å². The summed E-state index contributed by atoms with van der Waals surface area (Å²) in [5, 5.41) is 9.71. The van der Waals surface area contributed by atoms with Crippen LogP contribution in [0.25, 0.3) is 0 Å². The highest BCUT2D eigenvalue weighted by Gasteiger charge is 2.18. The van der Waals surface area contributed by atoms with Crippen molar-refractivity contribution in [3.05, 3.63) is 0 Å². The van der Waals surface area contributed by atoms with Gasteiger partial charge in [0.15, 0.2) is 0 Å². The molecule has 0 fully saturated rings. The molecule has 30 heavy (non-hydrogen) atoms. The number of aliphatic hydroxyl groups excluding tert-OH is 1. The molecule has 0 aromatic rings. The smallest absolute Gasteiger partial charge is 0.311 e. The van der Waals surface area contributed by atoms with Crippen LogP contribution in [0.2, 0.25) is 0 Å². The maximum absolute atomic E-state index is 12.0. The van der Waals surface area contributed by atoms with Crippen molar-refractivity contribution in [3.8, 4) is 0 Å². The van der Waals surface area contributed by atoms with Gasteiger partial charge in [-0.3, -0.25) is 4.79 Å². The zero-order valence-electron chi connectivity index (χ0n) is 20.2. The Kier molecular flexibility index (Phi) is 22.5. The Hall–Kier alpha value is -0.650. The number of hydrogen-bond donors (Lipinski definition) is 1. The van der Waals surface area contributed by atoms with Crippen molar-refractivity contribution < 1.29 is 24.1 Å². The van der Waals surface area contributed by atoms with E-state index in [0.717, 1.165) is 19.3 Å². The summed E-state index contributed by atoms with van der Waals surface area (Å²) in [5.74, 6) is -0.522. The molecular weight excluding hydrogens is 380 g/mol. The lowest BCUT2D eigenvalue weighted by Crippen LogP contribution is -2.27. The van der Waals surface area contributed by atoms with Gasteiger partial charge in [0.05, 0.1) is 19.1 Å². The van der Waals surface area contributed by atoms with Crippen LogP contribution in [0, 0.1) is 5.92 Å². The van der Waals surface area contributed by atoms with Gasteiger partial charge in [0.2, 0.25) is 6.29 Å². The Balaban J connectivity index is 3.41. The molecule has 0 saturated heterocycles. The molecule has 0 radical (unpaired) electrons. The van der Waals surface area contributed by atoms with Gasteiger partial charge in [0, 0.05) is 6.61 Å². The Morgan fingerprint density at radius 2 is 1.20 bits per heavy atom. The summed E-state index contributed by atoms with van der Waals surface area (Å²) in [6, 6.07) is 0. The van der Waals surface area contributed by atoms with Crippen LogP contribution in [0.15, 0.2) is 0 Å². The molecule has 2 atom stereocenters. The molecule has 0 rings (SSSR count). The molecule has 5 nitrogen and oxygen atoms in total. The second-order valence-electron chi connectivity index (χ2n) is 8.45. The van der Waals surface area contributed by atoms with Gasteiger partial charge >= 0.3 is 5.97 Å². The minimum absolute atomic E-state index is 0.00953. The fourth-order valence-electron chi connectivity index (χ4n) is 3.49. The van der Waals surface area contributed by atoms with Crippen molar-refractivity contribution in [1.82, 2.24) is 0 Å². The van der Waals surface area contributed by atoms with E-state index in [0.29, 0.717) is 19.8 Å². The number of carbonyl (C=O) groups is 1. The number of rotatable bonds is 23. The fraction of sp³-hybridized carbons (Fsp3) is 0.960. The Morgan fingerprint density at radius 3 is 1.70 bits per heavy atom. The number of esters is 1. The first-order chi connectivity index (χ1) is 14.6. The van der Waals surface area contributed by atoms with E-state index in [9.17, 15) is 9.90 Å². The highest BCUT2D eigenvalue weighted by atomic mass is 16.7. The van der Waals surface area contributed by atoms with Gasteiger partial charge in [0.1, 0.15) is 6.61 Å². The van der Waals surface area contributed by atoms with E-state index < -0.39 is 6.29 Å². The average Bonchev–Trinajstić information content (AvgIpc) is 2.73. The molecule has 0 aliphatic rings. The first-order valence-electron chi connectivity index (χ1n) is 12.7. The normalized spacial score (nSPS) is 13.3. The molecule has 0 aliphatic carbocycles. The molecular formula is C25H50O5. The highest BCUT2D eigenvalue weighted by Crippen LogP contribution is 2.16. The molecule has 0 heterocycles. The summed E-state index contributed by atoms with van der Waals surface area (Å²) < 4.78 is 15.4. The molecule has 0 aromatic heterocycles. The van der Waals surface area contributed by atoms with Gasteiger partial charge in [-0.25, -0.2) is 0 Å². The number of ether oxygens (including phenoxy) is 3. The first-order valence-corrected chi connectivity index (χ1v) is 12.7. The third-order valence-electron chi connectivity index (χ3n) is 5.48. The minimum Gasteiger partial charge on any atom is -0.433 e. The van der Waals surface area contributed by atoms with Gasteiger partial charge in [-0.05, 0) is 13.3 Å². The second kappa shape index (κ2) is 23.0. The molecule has 0 amide bonds. The fourth-order valence-corrected chi connectivity index (χ4v) is 3.49. The zero-order valence-corrected chi connectivity index (χ0v) is 20.2. The molecule has 1 N–H and O–H groups in total. The average molecular weight is 431 g/mol. The summed E-state index contributed by atoms with van der Waals surface area (Å²) in [7, 11) is 0. The quantitative estimate of drug-likeness (QED) is 0.115. The van der Waals surface area contributed by atoms with E-state index in [-0.39, 0.29) is 18.5 Å². The third-order valence-corrected chi connectivity index (χ3v) is 5.48. The molecule has 0 spiro atoms. The number of aliphatic hydroxyl groups is 1. The number of carbonyl (C=O) groups excluding carboxylic acids is 1. The monoisotopic (exact) mass is 430 g/mol. The van der Waals surface area contributed by atoms with Crippen molar-refractivity contribution >= 4 is 5.97 Å². The zero-order chi connectivity index (χ0) is 22.3. The SMILES string of the molecule is CCCCCCCCCCCCCCCCC(C)C(=O)OC(O)COCCOCC. The lowest BCUT2D eigenvalue weighted by atomic mass is 10.0. The van der Waals surface area contributed by atoms with E-state index in [1.54, 1.807) is 0 Å². The van der Waals surface area contributed by atoms with E-state index in [1.807, 2.05) is 13.8 Å². The summed E-state index contributed by atoms with van der Waals surface area (Å²) in [5.41, 5.74) is 0. The van der Waals surface area contributed by atoms with Crippen LogP contribution in [-0.2, 0) is 19.0 Å². The Morgan fingerprint density at radius 1 is 0.733 bits per heavy atom. The van der Waals surface area contributed by atoms with E-state index in [2.05, 4.69) is 6.92 Å². The lowest BCUT2D eigenvalue weighted by molar-refractivity contribution is -0.182. The summed E-state index contributed by atoms with van der Waals surface area (Å²) in [6.07, 6.45) is 18.2. The van der Waals surface area contributed by atoms with Gasteiger partial charge < -0.3 is 19.3 Å². The van der Waals surface area contributed by atoms with Crippen LogP contribution >= 0.6 is 0 Å². The summed E-state index contributed by atoms with van der Waals surface area (Å²) in [4.78, 5) is 12.0. The van der Waals surface area contributed by atoms with Crippen LogP contribution in [0.1, 0.15) is 117 Å². The molecule has 0 aromatic carbocycles. The first kappa shape index (κ1) is 29.4. The van der Waals surface area contributed by atoms with Crippen molar-refractivity contribution in [2.24, 2.45) is 5.92 Å². The minimum atomic E-state index is -1.20. The maximum Gasteiger partial charge on any atom is 0.311 e. The molecule has 180 valence electrons. The van der Waals surface area contributed by atoms with Gasteiger partial charge in [0.25, 0.3) is 0 Å². The van der Waals surface area contributed by atoms with Crippen molar-refractivity contribution in [2.45, 2.75) is 123 Å². The largest absolute Gasteiger partial charge is 0.433 e. The number of unbranched alkanes of at least 4 members (excludes halogenated alkanes) is 13. The van der Waals surface area contributed by atoms with Gasteiger partial charge in [-0.2, -0.15) is 0 Å². The third kappa shape index (κ3) is 20.6. The van der Waals surface area contributed by atoms with Crippen LogP contribution in [0.5, 0.6) is 0 Å². The van der Waals surface area contributed by atoms with Crippen LogP contribution in [0.3, 0.4) is 0 Å².